The summed E-state index contributed by atoms with van der Waals surface area (Å²) in [4.78, 5) is 12.7. The number of carbonyl (C=O) groups excluding carboxylic acids is 1. The van der Waals surface area contributed by atoms with Crippen LogP contribution in [-0.2, 0) is 6.42 Å². The molecule has 0 aliphatic rings. The van der Waals surface area contributed by atoms with Gasteiger partial charge in [-0.1, -0.05) is 52.3 Å². The zero-order chi connectivity index (χ0) is 19.8. The maximum atomic E-state index is 12.7. The van der Waals surface area contributed by atoms with Crippen LogP contribution in [0.4, 0.5) is 5.69 Å². The van der Waals surface area contributed by atoms with Gasteiger partial charge in [0.15, 0.2) is 0 Å². The number of halogens is 1. The van der Waals surface area contributed by atoms with E-state index in [2.05, 4.69) is 33.4 Å². The summed E-state index contributed by atoms with van der Waals surface area (Å²) in [6, 6.07) is 23.0. The number of rotatable bonds is 8. The Morgan fingerprint density at radius 1 is 0.964 bits per heavy atom. The number of hydrogen-bond donors (Lipinski definition) is 1. The van der Waals surface area contributed by atoms with E-state index in [1.54, 1.807) is 12.1 Å². The third-order valence-electron chi connectivity index (χ3n) is 4.08. The SMILES string of the molecule is CCOc1ccc(Br)cc1C(=O)Nc1cccc(OCCc2ccccc2)c1. The Labute approximate surface area is 173 Å². The van der Waals surface area contributed by atoms with Crippen LogP contribution >= 0.6 is 15.9 Å². The minimum atomic E-state index is -0.230. The van der Waals surface area contributed by atoms with Crippen LogP contribution in [0.25, 0.3) is 0 Å². The zero-order valence-corrected chi connectivity index (χ0v) is 17.2. The number of anilines is 1. The number of hydrogen-bond acceptors (Lipinski definition) is 3. The van der Waals surface area contributed by atoms with Crippen molar-refractivity contribution in [2.45, 2.75) is 13.3 Å². The zero-order valence-electron chi connectivity index (χ0n) is 15.7. The molecular weight excluding hydrogens is 418 g/mol. The minimum absolute atomic E-state index is 0.230. The van der Waals surface area contributed by atoms with Crippen molar-refractivity contribution in [3.05, 3.63) is 88.4 Å². The molecule has 0 saturated carbocycles. The van der Waals surface area contributed by atoms with Crippen molar-refractivity contribution in [2.24, 2.45) is 0 Å². The van der Waals surface area contributed by atoms with E-state index in [4.69, 9.17) is 9.47 Å². The van der Waals surface area contributed by atoms with Crippen molar-refractivity contribution < 1.29 is 14.3 Å². The molecule has 0 aliphatic heterocycles. The van der Waals surface area contributed by atoms with Gasteiger partial charge < -0.3 is 14.8 Å². The Kier molecular flexibility index (Phi) is 7.09. The van der Waals surface area contributed by atoms with Crippen LogP contribution in [0.15, 0.2) is 77.3 Å². The van der Waals surface area contributed by atoms with Crippen molar-refractivity contribution in [1.82, 2.24) is 0 Å². The van der Waals surface area contributed by atoms with E-state index in [-0.39, 0.29) is 5.91 Å². The van der Waals surface area contributed by atoms with Gasteiger partial charge in [0, 0.05) is 22.6 Å². The molecule has 1 amide bonds. The lowest BCUT2D eigenvalue weighted by atomic mass is 10.1. The van der Waals surface area contributed by atoms with Gasteiger partial charge in [0.1, 0.15) is 11.5 Å². The molecule has 0 atom stereocenters. The predicted molar refractivity (Wildman–Crippen MR) is 115 cm³/mol. The van der Waals surface area contributed by atoms with E-state index in [1.807, 2.05) is 55.5 Å². The third-order valence-corrected chi connectivity index (χ3v) is 4.57. The molecule has 0 fully saturated rings. The summed E-state index contributed by atoms with van der Waals surface area (Å²) in [5.74, 6) is 1.04. The van der Waals surface area contributed by atoms with Crippen molar-refractivity contribution >= 4 is 27.5 Å². The molecule has 3 aromatic rings. The van der Waals surface area contributed by atoms with Crippen molar-refractivity contribution in [2.75, 3.05) is 18.5 Å². The van der Waals surface area contributed by atoms with Crippen molar-refractivity contribution in [1.29, 1.82) is 0 Å². The molecule has 0 saturated heterocycles. The highest BCUT2D eigenvalue weighted by molar-refractivity contribution is 9.10. The lowest BCUT2D eigenvalue weighted by molar-refractivity contribution is 0.102. The first-order valence-electron chi connectivity index (χ1n) is 9.16. The molecule has 3 aromatic carbocycles. The molecule has 0 aliphatic carbocycles. The predicted octanol–water partition coefficient (Wildman–Crippen LogP) is 5.72. The Morgan fingerprint density at radius 2 is 1.79 bits per heavy atom. The van der Waals surface area contributed by atoms with E-state index in [0.717, 1.165) is 10.9 Å². The average molecular weight is 440 g/mol. The van der Waals surface area contributed by atoms with E-state index in [0.29, 0.717) is 36.0 Å². The second-order valence-corrected chi connectivity index (χ2v) is 7.06. The summed E-state index contributed by atoms with van der Waals surface area (Å²) >= 11 is 3.40. The summed E-state index contributed by atoms with van der Waals surface area (Å²) in [6.45, 7) is 2.95. The molecule has 5 heteroatoms. The first-order chi connectivity index (χ1) is 13.7. The molecule has 144 valence electrons. The van der Waals surface area contributed by atoms with Gasteiger partial charge in [-0.05, 0) is 42.8 Å². The van der Waals surface area contributed by atoms with Crippen molar-refractivity contribution in [3.63, 3.8) is 0 Å². The van der Waals surface area contributed by atoms with Crippen LogP contribution in [0.1, 0.15) is 22.8 Å². The van der Waals surface area contributed by atoms with Crippen LogP contribution < -0.4 is 14.8 Å². The Balaban J connectivity index is 1.64. The second kappa shape index (κ2) is 9.95. The lowest BCUT2D eigenvalue weighted by Gasteiger charge is -2.12. The molecule has 4 nitrogen and oxygen atoms in total. The summed E-state index contributed by atoms with van der Waals surface area (Å²) in [6.07, 6.45) is 0.827. The van der Waals surface area contributed by atoms with Crippen LogP contribution in [0.2, 0.25) is 0 Å². The maximum Gasteiger partial charge on any atom is 0.259 e. The van der Waals surface area contributed by atoms with Gasteiger partial charge in [-0.3, -0.25) is 4.79 Å². The van der Waals surface area contributed by atoms with E-state index < -0.39 is 0 Å². The number of amides is 1. The Bertz CT molecular complexity index is 928. The molecule has 0 heterocycles. The van der Waals surface area contributed by atoms with Crippen molar-refractivity contribution in [3.8, 4) is 11.5 Å². The second-order valence-electron chi connectivity index (χ2n) is 6.14. The normalized spacial score (nSPS) is 10.4. The first-order valence-corrected chi connectivity index (χ1v) is 9.95. The van der Waals surface area contributed by atoms with Gasteiger partial charge in [0.05, 0.1) is 18.8 Å². The van der Waals surface area contributed by atoms with Gasteiger partial charge in [-0.2, -0.15) is 0 Å². The Morgan fingerprint density at radius 3 is 2.57 bits per heavy atom. The highest BCUT2D eigenvalue weighted by Gasteiger charge is 2.14. The van der Waals surface area contributed by atoms with Crippen LogP contribution in [0.3, 0.4) is 0 Å². The van der Waals surface area contributed by atoms with Crippen LogP contribution in [0, 0.1) is 0 Å². The molecular formula is C23H22BrNO3. The molecule has 0 bridgehead atoms. The summed E-state index contributed by atoms with van der Waals surface area (Å²) in [5.41, 5.74) is 2.38. The molecule has 0 aromatic heterocycles. The molecule has 3 rings (SSSR count). The van der Waals surface area contributed by atoms with Gasteiger partial charge in [-0.25, -0.2) is 0 Å². The van der Waals surface area contributed by atoms with E-state index in [9.17, 15) is 4.79 Å². The fraction of sp³-hybridized carbons (Fsp3) is 0.174. The lowest BCUT2D eigenvalue weighted by Crippen LogP contribution is -2.14. The van der Waals surface area contributed by atoms with E-state index in [1.165, 1.54) is 5.56 Å². The fourth-order valence-corrected chi connectivity index (χ4v) is 3.12. The number of carbonyl (C=O) groups is 1. The third kappa shape index (κ3) is 5.60. The van der Waals surface area contributed by atoms with Crippen LogP contribution in [-0.4, -0.2) is 19.1 Å². The summed E-state index contributed by atoms with van der Waals surface area (Å²) < 4.78 is 12.2. The monoisotopic (exact) mass is 439 g/mol. The molecule has 0 radical (unpaired) electrons. The molecule has 28 heavy (non-hydrogen) atoms. The Hall–Kier alpha value is -2.79. The number of ether oxygens (including phenoxy) is 2. The molecule has 0 spiro atoms. The topological polar surface area (TPSA) is 47.6 Å². The molecule has 0 unspecified atom stereocenters. The summed E-state index contributed by atoms with van der Waals surface area (Å²) in [5, 5.41) is 2.91. The van der Waals surface area contributed by atoms with Gasteiger partial charge >= 0.3 is 0 Å². The number of nitrogens with one attached hydrogen (secondary N) is 1. The van der Waals surface area contributed by atoms with Gasteiger partial charge in [0.25, 0.3) is 5.91 Å². The highest BCUT2D eigenvalue weighted by Crippen LogP contribution is 2.25. The average Bonchev–Trinajstić information content (AvgIpc) is 2.70. The quantitative estimate of drug-likeness (QED) is 0.487. The maximum absolute atomic E-state index is 12.7. The standard InChI is InChI=1S/C23H22BrNO3/c1-2-27-22-12-11-18(24)15-21(22)23(26)25-19-9-6-10-20(16-19)28-14-13-17-7-4-3-5-8-17/h3-12,15-16H,2,13-14H2,1H3,(H,25,26). The highest BCUT2D eigenvalue weighted by atomic mass is 79.9. The number of benzene rings is 3. The van der Waals surface area contributed by atoms with Gasteiger partial charge in [0.2, 0.25) is 0 Å². The van der Waals surface area contributed by atoms with Gasteiger partial charge in [-0.15, -0.1) is 0 Å². The molecule has 1 N–H and O–H groups in total. The largest absolute Gasteiger partial charge is 0.493 e. The van der Waals surface area contributed by atoms with Crippen LogP contribution in [0.5, 0.6) is 11.5 Å². The smallest absolute Gasteiger partial charge is 0.259 e. The summed E-state index contributed by atoms with van der Waals surface area (Å²) in [7, 11) is 0. The fourth-order valence-electron chi connectivity index (χ4n) is 2.75. The first kappa shape index (κ1) is 20.0. The van der Waals surface area contributed by atoms with E-state index >= 15 is 0 Å². The minimum Gasteiger partial charge on any atom is -0.493 e.